The van der Waals surface area contributed by atoms with Gasteiger partial charge < -0.3 is 0 Å². The van der Waals surface area contributed by atoms with Crippen molar-refractivity contribution in [2.75, 3.05) is 0 Å². The fraction of sp³-hybridized carbons (Fsp3) is 0.0667. The third-order valence-corrected chi connectivity index (χ3v) is 3.20. The summed E-state index contributed by atoms with van der Waals surface area (Å²) in [6.07, 6.45) is 0. The van der Waals surface area contributed by atoms with E-state index in [2.05, 4.69) is 15.9 Å². The lowest BCUT2D eigenvalue weighted by molar-refractivity contribution is 0.0979. The molecule has 0 saturated carbocycles. The van der Waals surface area contributed by atoms with Crippen LogP contribution in [0.1, 0.15) is 21.8 Å². The Morgan fingerprint density at radius 3 is 2.47 bits per heavy atom. The Bertz CT molecular complexity index is 646. The maximum absolute atomic E-state index is 12.8. The van der Waals surface area contributed by atoms with Gasteiger partial charge in [0.2, 0.25) is 0 Å². The molecule has 0 aliphatic rings. The van der Waals surface area contributed by atoms with Crippen molar-refractivity contribution in [2.45, 2.75) is 5.92 Å². The van der Waals surface area contributed by atoms with Crippen molar-refractivity contribution in [2.24, 2.45) is 0 Å². The van der Waals surface area contributed by atoms with Gasteiger partial charge in [-0.1, -0.05) is 28.1 Å². The summed E-state index contributed by atoms with van der Waals surface area (Å²) in [4.78, 5) is 12.2. The zero-order chi connectivity index (χ0) is 13.8. The minimum atomic E-state index is -0.886. The van der Waals surface area contributed by atoms with Gasteiger partial charge in [0.25, 0.3) is 0 Å². The summed E-state index contributed by atoms with van der Waals surface area (Å²) in [5.41, 5.74) is 0.944. The molecular formula is C15H9BrFNO. The summed E-state index contributed by atoms with van der Waals surface area (Å²) >= 11 is 3.30. The van der Waals surface area contributed by atoms with Crippen molar-refractivity contribution in [1.82, 2.24) is 0 Å². The summed E-state index contributed by atoms with van der Waals surface area (Å²) in [6.45, 7) is 0. The van der Waals surface area contributed by atoms with Gasteiger partial charge in [0.15, 0.2) is 5.78 Å². The molecule has 0 fully saturated rings. The highest BCUT2D eigenvalue weighted by Crippen LogP contribution is 2.23. The summed E-state index contributed by atoms with van der Waals surface area (Å²) in [6, 6.07) is 14.2. The van der Waals surface area contributed by atoms with Crippen molar-refractivity contribution < 1.29 is 9.18 Å². The molecule has 0 aromatic heterocycles. The minimum absolute atomic E-state index is 0.327. The molecule has 0 heterocycles. The predicted molar refractivity (Wildman–Crippen MR) is 73.2 cm³/mol. The van der Waals surface area contributed by atoms with Crippen LogP contribution < -0.4 is 0 Å². The second kappa shape index (κ2) is 5.77. The van der Waals surface area contributed by atoms with E-state index >= 15 is 0 Å². The van der Waals surface area contributed by atoms with Crippen molar-refractivity contribution in [1.29, 1.82) is 5.26 Å². The van der Waals surface area contributed by atoms with E-state index in [9.17, 15) is 14.4 Å². The molecule has 0 aliphatic carbocycles. The Balaban J connectivity index is 2.35. The smallest absolute Gasteiger partial charge is 0.184 e. The number of carbonyl (C=O) groups is 1. The molecule has 4 heteroatoms. The number of carbonyl (C=O) groups excluding carboxylic acids is 1. The highest BCUT2D eigenvalue weighted by molar-refractivity contribution is 9.10. The fourth-order valence-corrected chi connectivity index (χ4v) is 2.17. The molecule has 0 radical (unpaired) electrons. The zero-order valence-corrected chi connectivity index (χ0v) is 11.4. The number of benzene rings is 2. The second-order valence-electron chi connectivity index (χ2n) is 3.99. The minimum Gasteiger partial charge on any atom is -0.292 e. The van der Waals surface area contributed by atoms with E-state index in [-0.39, 0.29) is 5.78 Å². The average molecular weight is 318 g/mol. The third-order valence-electron chi connectivity index (χ3n) is 2.70. The van der Waals surface area contributed by atoms with E-state index in [1.807, 2.05) is 12.1 Å². The maximum atomic E-state index is 12.8. The normalized spacial score (nSPS) is 11.6. The van der Waals surface area contributed by atoms with E-state index in [4.69, 9.17) is 0 Å². The van der Waals surface area contributed by atoms with Gasteiger partial charge in [-0.2, -0.15) is 5.26 Å². The Morgan fingerprint density at radius 2 is 1.89 bits per heavy atom. The molecule has 1 atom stereocenters. The topological polar surface area (TPSA) is 40.9 Å². The number of Topliss-reactive ketones (excluding diaryl/α,β-unsaturated/α-hetero) is 1. The largest absolute Gasteiger partial charge is 0.292 e. The second-order valence-corrected chi connectivity index (χ2v) is 4.90. The van der Waals surface area contributed by atoms with Crippen LogP contribution in [0.25, 0.3) is 0 Å². The molecule has 2 rings (SSSR count). The third kappa shape index (κ3) is 3.07. The van der Waals surface area contributed by atoms with E-state index in [0.717, 1.165) is 4.47 Å². The van der Waals surface area contributed by atoms with Gasteiger partial charge in [-0.25, -0.2) is 4.39 Å². The molecule has 0 amide bonds. The van der Waals surface area contributed by atoms with Crippen LogP contribution in [0.15, 0.2) is 53.0 Å². The standard InChI is InChI=1S/C15H9BrFNO/c16-12-3-1-2-11(8-12)14(9-18)15(19)10-4-6-13(17)7-5-10/h1-8,14H. The molecule has 94 valence electrons. The van der Waals surface area contributed by atoms with Gasteiger partial charge in [-0.15, -0.1) is 0 Å². The van der Waals surface area contributed by atoms with Gasteiger partial charge in [0.05, 0.1) is 6.07 Å². The summed E-state index contributed by atoms with van der Waals surface area (Å²) in [5.74, 6) is -1.63. The number of hydrogen-bond donors (Lipinski definition) is 0. The Kier molecular flexibility index (Phi) is 4.08. The van der Waals surface area contributed by atoms with Crippen LogP contribution in [0.5, 0.6) is 0 Å². The molecule has 0 aliphatic heterocycles. The molecule has 1 unspecified atom stereocenters. The van der Waals surface area contributed by atoms with Crippen molar-refractivity contribution in [3.05, 3.63) is 69.9 Å². The van der Waals surface area contributed by atoms with Gasteiger partial charge in [-0.3, -0.25) is 4.79 Å². The summed E-state index contributed by atoms with van der Waals surface area (Å²) in [7, 11) is 0. The van der Waals surface area contributed by atoms with Crippen molar-refractivity contribution in [3.63, 3.8) is 0 Å². The first-order valence-electron chi connectivity index (χ1n) is 5.56. The first kappa shape index (κ1) is 13.4. The Hall–Kier alpha value is -1.99. The predicted octanol–water partition coefficient (Wildman–Crippen LogP) is 4.08. The summed E-state index contributed by atoms with van der Waals surface area (Å²) < 4.78 is 13.6. The number of nitrogens with zero attached hydrogens (tertiary/aromatic N) is 1. The Morgan fingerprint density at radius 1 is 1.21 bits per heavy atom. The molecule has 0 saturated heterocycles. The van der Waals surface area contributed by atoms with E-state index < -0.39 is 11.7 Å². The monoisotopic (exact) mass is 317 g/mol. The van der Waals surface area contributed by atoms with Crippen LogP contribution in [0, 0.1) is 17.1 Å². The Labute approximate surface area is 118 Å². The molecule has 2 nitrogen and oxygen atoms in total. The van der Waals surface area contributed by atoms with Gasteiger partial charge in [-0.05, 0) is 42.0 Å². The average Bonchev–Trinajstić information content (AvgIpc) is 2.40. The van der Waals surface area contributed by atoms with E-state index in [1.54, 1.807) is 18.2 Å². The van der Waals surface area contributed by atoms with Gasteiger partial charge in [0, 0.05) is 10.0 Å². The van der Waals surface area contributed by atoms with E-state index in [0.29, 0.717) is 11.1 Å². The molecule has 19 heavy (non-hydrogen) atoms. The lowest BCUT2D eigenvalue weighted by Gasteiger charge is -2.09. The van der Waals surface area contributed by atoms with Crippen molar-refractivity contribution in [3.8, 4) is 6.07 Å². The number of ketones is 1. The first-order chi connectivity index (χ1) is 9.11. The molecular weight excluding hydrogens is 309 g/mol. The van der Waals surface area contributed by atoms with Crippen molar-refractivity contribution >= 4 is 21.7 Å². The SMILES string of the molecule is N#CC(C(=O)c1ccc(F)cc1)c1cccc(Br)c1. The van der Waals surface area contributed by atoms with E-state index in [1.165, 1.54) is 24.3 Å². The van der Waals surface area contributed by atoms with Crippen LogP contribution >= 0.6 is 15.9 Å². The molecule has 2 aromatic rings. The highest BCUT2D eigenvalue weighted by Gasteiger charge is 2.21. The number of halogens is 2. The van der Waals surface area contributed by atoms with Crippen LogP contribution in [0.2, 0.25) is 0 Å². The molecule has 0 N–H and O–H groups in total. The number of rotatable bonds is 3. The van der Waals surface area contributed by atoms with Crippen LogP contribution in [0.4, 0.5) is 4.39 Å². The summed E-state index contributed by atoms with van der Waals surface area (Å²) in [5, 5.41) is 9.20. The maximum Gasteiger partial charge on any atom is 0.184 e. The zero-order valence-electron chi connectivity index (χ0n) is 9.81. The van der Waals surface area contributed by atoms with Gasteiger partial charge in [0.1, 0.15) is 11.7 Å². The lowest BCUT2D eigenvalue weighted by Crippen LogP contribution is -2.11. The number of hydrogen-bond acceptors (Lipinski definition) is 2. The van der Waals surface area contributed by atoms with Crippen LogP contribution in [-0.2, 0) is 0 Å². The fourth-order valence-electron chi connectivity index (χ4n) is 1.75. The van der Waals surface area contributed by atoms with Gasteiger partial charge >= 0.3 is 0 Å². The quantitative estimate of drug-likeness (QED) is 0.800. The lowest BCUT2D eigenvalue weighted by atomic mass is 9.92. The highest BCUT2D eigenvalue weighted by atomic mass is 79.9. The molecule has 2 aromatic carbocycles. The number of nitriles is 1. The molecule has 0 spiro atoms. The van der Waals surface area contributed by atoms with Crippen LogP contribution in [-0.4, -0.2) is 5.78 Å². The molecule has 0 bridgehead atoms. The van der Waals surface area contributed by atoms with Crippen LogP contribution in [0.3, 0.4) is 0 Å². The first-order valence-corrected chi connectivity index (χ1v) is 6.36.